The highest BCUT2D eigenvalue weighted by molar-refractivity contribution is 6.14. The molecule has 1 N–H and O–H groups in total. The highest BCUT2D eigenvalue weighted by Gasteiger charge is 2.25. The summed E-state index contributed by atoms with van der Waals surface area (Å²) >= 11 is 0. The van der Waals surface area contributed by atoms with Gasteiger partial charge in [0.05, 0.1) is 5.56 Å². The van der Waals surface area contributed by atoms with Gasteiger partial charge in [-0.2, -0.15) is 0 Å². The van der Waals surface area contributed by atoms with Crippen LogP contribution in [-0.2, 0) is 12.8 Å². The lowest BCUT2D eigenvalue weighted by Gasteiger charge is -2.13. The lowest BCUT2D eigenvalue weighted by Crippen LogP contribution is -2.36. The van der Waals surface area contributed by atoms with E-state index in [2.05, 4.69) is 22.4 Å². The SMILES string of the molecule is O=C(c1ccccc1)c1cccnc1C(=O)NC1Cc2ccccc2C1. The van der Waals surface area contributed by atoms with Crippen molar-refractivity contribution in [3.63, 3.8) is 0 Å². The largest absolute Gasteiger partial charge is 0.347 e. The Morgan fingerprint density at radius 2 is 1.50 bits per heavy atom. The average molecular weight is 342 g/mol. The van der Waals surface area contributed by atoms with E-state index < -0.39 is 0 Å². The monoisotopic (exact) mass is 342 g/mol. The number of aromatic nitrogens is 1. The molecule has 0 aliphatic heterocycles. The number of nitrogens with one attached hydrogen (secondary N) is 1. The molecule has 1 aliphatic rings. The standard InChI is InChI=1S/C22H18N2O2/c25-21(15-7-2-1-3-8-15)19-11-6-12-23-20(19)22(26)24-18-13-16-9-4-5-10-17(16)14-18/h1-12,18H,13-14H2,(H,24,26). The maximum atomic E-state index is 12.8. The molecule has 128 valence electrons. The van der Waals surface area contributed by atoms with E-state index in [1.165, 1.54) is 11.1 Å². The van der Waals surface area contributed by atoms with Crippen molar-refractivity contribution >= 4 is 11.7 Å². The number of nitrogens with zero attached hydrogens (tertiary/aromatic N) is 1. The Labute approximate surface area is 151 Å². The van der Waals surface area contributed by atoms with Crippen LogP contribution in [0.3, 0.4) is 0 Å². The topological polar surface area (TPSA) is 59.1 Å². The highest BCUT2D eigenvalue weighted by Crippen LogP contribution is 2.22. The molecule has 0 bridgehead atoms. The van der Waals surface area contributed by atoms with Crippen molar-refractivity contribution in [1.29, 1.82) is 0 Å². The molecule has 0 unspecified atom stereocenters. The molecule has 0 atom stereocenters. The van der Waals surface area contributed by atoms with Gasteiger partial charge in [-0.15, -0.1) is 0 Å². The molecule has 4 heteroatoms. The van der Waals surface area contributed by atoms with Crippen molar-refractivity contribution in [2.24, 2.45) is 0 Å². The third-order valence-electron chi connectivity index (χ3n) is 4.69. The minimum absolute atomic E-state index is 0.0292. The molecule has 3 aromatic rings. The first-order valence-corrected chi connectivity index (χ1v) is 8.65. The summed E-state index contributed by atoms with van der Waals surface area (Å²) in [5.74, 6) is -0.499. The van der Waals surface area contributed by atoms with Gasteiger partial charge in [-0.3, -0.25) is 14.6 Å². The molecule has 1 aromatic heterocycles. The molecule has 0 spiro atoms. The Hall–Kier alpha value is -3.27. The van der Waals surface area contributed by atoms with Gasteiger partial charge >= 0.3 is 0 Å². The van der Waals surface area contributed by atoms with Crippen LogP contribution in [0.4, 0.5) is 0 Å². The van der Waals surface area contributed by atoms with Crippen LogP contribution in [0.1, 0.15) is 37.5 Å². The second-order valence-corrected chi connectivity index (χ2v) is 6.44. The van der Waals surface area contributed by atoms with Crippen LogP contribution in [0.25, 0.3) is 0 Å². The van der Waals surface area contributed by atoms with Crippen molar-refractivity contribution in [3.8, 4) is 0 Å². The van der Waals surface area contributed by atoms with Crippen LogP contribution in [0.5, 0.6) is 0 Å². The molecular weight excluding hydrogens is 324 g/mol. The molecule has 1 aliphatic carbocycles. The molecule has 1 amide bonds. The second-order valence-electron chi connectivity index (χ2n) is 6.44. The van der Waals surface area contributed by atoms with Gasteiger partial charge in [0.15, 0.2) is 5.78 Å². The summed E-state index contributed by atoms with van der Waals surface area (Å²) in [5.41, 5.74) is 3.57. The molecule has 1 heterocycles. The number of fused-ring (bicyclic) bond motifs is 1. The number of carbonyl (C=O) groups excluding carboxylic acids is 2. The van der Waals surface area contributed by atoms with Crippen LogP contribution in [0, 0.1) is 0 Å². The Kier molecular flexibility index (Phi) is 4.32. The number of pyridine rings is 1. The van der Waals surface area contributed by atoms with Crippen molar-refractivity contribution in [2.45, 2.75) is 18.9 Å². The zero-order chi connectivity index (χ0) is 17.9. The minimum atomic E-state index is -0.303. The van der Waals surface area contributed by atoms with Gasteiger partial charge in [0, 0.05) is 17.8 Å². The summed E-state index contributed by atoms with van der Waals surface area (Å²) in [6.07, 6.45) is 3.15. The summed E-state index contributed by atoms with van der Waals surface area (Å²) in [4.78, 5) is 29.7. The average Bonchev–Trinajstić information content (AvgIpc) is 3.10. The van der Waals surface area contributed by atoms with Crippen molar-refractivity contribution in [1.82, 2.24) is 10.3 Å². The van der Waals surface area contributed by atoms with Crippen LogP contribution in [0.2, 0.25) is 0 Å². The zero-order valence-electron chi connectivity index (χ0n) is 14.2. The Bertz CT molecular complexity index is 942. The van der Waals surface area contributed by atoms with E-state index in [1.807, 2.05) is 18.2 Å². The predicted molar refractivity (Wildman–Crippen MR) is 99.2 cm³/mol. The summed E-state index contributed by atoms with van der Waals surface area (Å²) in [7, 11) is 0. The maximum Gasteiger partial charge on any atom is 0.270 e. The van der Waals surface area contributed by atoms with Gasteiger partial charge in [-0.1, -0.05) is 54.6 Å². The molecule has 0 fully saturated rings. The molecule has 2 aromatic carbocycles. The fourth-order valence-corrected chi connectivity index (χ4v) is 3.43. The molecule has 0 saturated carbocycles. The van der Waals surface area contributed by atoms with Gasteiger partial charge in [-0.25, -0.2) is 0 Å². The molecular formula is C22H18N2O2. The van der Waals surface area contributed by atoms with Gasteiger partial charge in [0.2, 0.25) is 0 Å². The van der Waals surface area contributed by atoms with E-state index >= 15 is 0 Å². The van der Waals surface area contributed by atoms with Crippen molar-refractivity contribution in [2.75, 3.05) is 0 Å². The number of hydrogen-bond donors (Lipinski definition) is 1. The molecule has 4 rings (SSSR count). The fraction of sp³-hybridized carbons (Fsp3) is 0.136. The normalized spacial score (nSPS) is 13.2. The van der Waals surface area contributed by atoms with E-state index in [-0.39, 0.29) is 23.4 Å². The molecule has 4 nitrogen and oxygen atoms in total. The Morgan fingerprint density at radius 3 is 2.19 bits per heavy atom. The first kappa shape index (κ1) is 16.2. The summed E-state index contributed by atoms with van der Waals surface area (Å²) in [6, 6.07) is 20.5. The lowest BCUT2D eigenvalue weighted by molar-refractivity contribution is 0.0923. The molecule has 26 heavy (non-hydrogen) atoms. The Morgan fingerprint density at radius 1 is 0.846 bits per heavy atom. The van der Waals surface area contributed by atoms with E-state index in [9.17, 15) is 9.59 Å². The van der Waals surface area contributed by atoms with Gasteiger partial charge < -0.3 is 5.32 Å². The lowest BCUT2D eigenvalue weighted by atomic mass is 10.0. The number of ketones is 1. The third kappa shape index (κ3) is 3.14. The molecule has 0 radical (unpaired) electrons. The van der Waals surface area contributed by atoms with E-state index in [1.54, 1.807) is 42.6 Å². The van der Waals surface area contributed by atoms with Crippen molar-refractivity contribution in [3.05, 3.63) is 101 Å². The summed E-state index contributed by atoms with van der Waals surface area (Å²) < 4.78 is 0. The van der Waals surface area contributed by atoms with Crippen LogP contribution >= 0.6 is 0 Å². The second kappa shape index (κ2) is 6.92. The smallest absolute Gasteiger partial charge is 0.270 e. The third-order valence-corrected chi connectivity index (χ3v) is 4.69. The van der Waals surface area contributed by atoms with Gasteiger partial charge in [0.1, 0.15) is 5.69 Å². The van der Waals surface area contributed by atoms with Crippen LogP contribution in [0.15, 0.2) is 72.9 Å². The minimum Gasteiger partial charge on any atom is -0.347 e. The quantitative estimate of drug-likeness (QED) is 0.741. The molecule has 0 saturated heterocycles. The van der Waals surface area contributed by atoms with Crippen LogP contribution < -0.4 is 5.32 Å². The van der Waals surface area contributed by atoms with Gasteiger partial charge in [-0.05, 0) is 36.1 Å². The maximum absolute atomic E-state index is 12.8. The summed E-state index contributed by atoms with van der Waals surface area (Å²) in [5, 5.41) is 3.04. The number of rotatable bonds is 4. The van der Waals surface area contributed by atoms with E-state index in [0.717, 1.165) is 12.8 Å². The number of hydrogen-bond acceptors (Lipinski definition) is 3. The first-order valence-electron chi connectivity index (χ1n) is 8.65. The van der Waals surface area contributed by atoms with E-state index in [0.29, 0.717) is 11.1 Å². The highest BCUT2D eigenvalue weighted by atomic mass is 16.2. The fourth-order valence-electron chi connectivity index (χ4n) is 3.43. The predicted octanol–water partition coefficient (Wildman–Crippen LogP) is 3.21. The van der Waals surface area contributed by atoms with Gasteiger partial charge in [0.25, 0.3) is 5.91 Å². The van der Waals surface area contributed by atoms with E-state index in [4.69, 9.17) is 0 Å². The summed E-state index contributed by atoms with van der Waals surface area (Å²) in [6.45, 7) is 0. The number of benzene rings is 2. The van der Waals surface area contributed by atoms with Crippen molar-refractivity contribution < 1.29 is 9.59 Å². The Balaban J connectivity index is 1.55. The number of amides is 1. The number of carbonyl (C=O) groups is 2. The van der Waals surface area contributed by atoms with Crippen LogP contribution in [-0.4, -0.2) is 22.7 Å². The zero-order valence-corrected chi connectivity index (χ0v) is 14.2. The first-order chi connectivity index (χ1) is 12.7.